The second kappa shape index (κ2) is 6.16. The van der Waals surface area contributed by atoms with Gasteiger partial charge < -0.3 is 9.47 Å². The molecule has 0 atom stereocenters. The second-order valence-corrected chi connectivity index (χ2v) is 3.90. The molecule has 0 bridgehead atoms. The van der Waals surface area contributed by atoms with Gasteiger partial charge in [-0.1, -0.05) is 0 Å². The lowest BCUT2D eigenvalue weighted by atomic mass is 10.1. The number of carbonyl (C=O) groups excluding carboxylic acids is 1. The van der Waals surface area contributed by atoms with Crippen molar-refractivity contribution in [1.82, 2.24) is 5.01 Å². The van der Waals surface area contributed by atoms with Gasteiger partial charge in [-0.2, -0.15) is 5.10 Å². The number of benzene rings is 1. The van der Waals surface area contributed by atoms with E-state index < -0.39 is 0 Å². The smallest absolute Gasteiger partial charge is 0.205 e. The van der Waals surface area contributed by atoms with E-state index in [2.05, 4.69) is 5.10 Å². The van der Waals surface area contributed by atoms with Gasteiger partial charge in [0.05, 0.1) is 39.6 Å². The number of rotatable bonds is 4. The normalized spacial score (nSPS) is 15.9. The quantitative estimate of drug-likeness (QED) is 0.593. The largest absolute Gasteiger partial charge is 0.497 e. The van der Waals surface area contributed by atoms with Gasteiger partial charge in [0, 0.05) is 5.56 Å². The van der Waals surface area contributed by atoms with Gasteiger partial charge in [0.15, 0.2) is 0 Å². The molecule has 1 aliphatic heterocycles. The number of carbonyl (C=O) groups is 1. The maximum absolute atomic E-state index is 11.8. The molecule has 1 heterocycles. The van der Waals surface area contributed by atoms with E-state index in [0.29, 0.717) is 18.8 Å². The van der Waals surface area contributed by atoms with Crippen LogP contribution in [0.4, 0.5) is 0 Å². The third-order valence-electron chi connectivity index (χ3n) is 2.70. The van der Waals surface area contributed by atoms with Crippen LogP contribution in [0.1, 0.15) is 10.4 Å². The molecule has 2 rings (SSSR count). The van der Waals surface area contributed by atoms with Crippen LogP contribution in [0.3, 0.4) is 0 Å². The topological polar surface area (TPSA) is 51.1 Å². The molecule has 0 amide bonds. The van der Waals surface area contributed by atoms with E-state index in [-0.39, 0.29) is 5.78 Å². The Bertz CT molecular complexity index is 422. The summed E-state index contributed by atoms with van der Waals surface area (Å²) in [5.74, 6) is 0.626. The predicted octanol–water partition coefficient (Wildman–Crippen LogP) is 1.20. The molecule has 18 heavy (non-hydrogen) atoms. The van der Waals surface area contributed by atoms with Gasteiger partial charge in [0.2, 0.25) is 5.78 Å². The highest BCUT2D eigenvalue weighted by molar-refractivity contribution is 6.35. The molecule has 1 aromatic carbocycles. The summed E-state index contributed by atoms with van der Waals surface area (Å²) in [6.45, 7) is 2.78. The summed E-state index contributed by atoms with van der Waals surface area (Å²) in [5, 5.41) is 5.99. The van der Waals surface area contributed by atoms with E-state index in [0.717, 1.165) is 18.8 Å². The molecular formula is C13H16N2O3. The molecule has 1 aliphatic rings. The Kier molecular flexibility index (Phi) is 4.30. The zero-order chi connectivity index (χ0) is 12.8. The average Bonchev–Trinajstić information content (AvgIpc) is 2.46. The summed E-state index contributed by atoms with van der Waals surface area (Å²) < 4.78 is 10.2. The van der Waals surface area contributed by atoms with Crippen LogP contribution in [0.15, 0.2) is 29.4 Å². The number of Topliss-reactive ketones (excluding diaryl/α,β-unsaturated/α-hetero) is 1. The molecule has 5 nitrogen and oxygen atoms in total. The lowest BCUT2D eigenvalue weighted by molar-refractivity contribution is 0.0395. The Morgan fingerprint density at radius 3 is 2.61 bits per heavy atom. The van der Waals surface area contributed by atoms with E-state index in [9.17, 15) is 4.79 Å². The van der Waals surface area contributed by atoms with Crippen molar-refractivity contribution in [1.29, 1.82) is 0 Å². The van der Waals surface area contributed by atoms with E-state index in [4.69, 9.17) is 9.47 Å². The van der Waals surface area contributed by atoms with Crippen LogP contribution >= 0.6 is 0 Å². The fraction of sp³-hybridized carbons (Fsp3) is 0.385. The van der Waals surface area contributed by atoms with Gasteiger partial charge in [0.1, 0.15) is 5.75 Å². The summed E-state index contributed by atoms with van der Waals surface area (Å²) in [6, 6.07) is 6.98. The average molecular weight is 248 g/mol. The van der Waals surface area contributed by atoms with Crippen molar-refractivity contribution >= 4 is 12.0 Å². The van der Waals surface area contributed by atoms with Gasteiger partial charge >= 0.3 is 0 Å². The van der Waals surface area contributed by atoms with E-state index in [1.165, 1.54) is 6.21 Å². The molecule has 0 aliphatic carbocycles. The monoisotopic (exact) mass is 248 g/mol. The fourth-order valence-electron chi connectivity index (χ4n) is 1.63. The molecular weight excluding hydrogens is 232 g/mol. The third kappa shape index (κ3) is 3.30. The zero-order valence-electron chi connectivity index (χ0n) is 10.3. The third-order valence-corrected chi connectivity index (χ3v) is 2.70. The van der Waals surface area contributed by atoms with Crippen LogP contribution in [-0.2, 0) is 4.74 Å². The second-order valence-electron chi connectivity index (χ2n) is 3.90. The lowest BCUT2D eigenvalue weighted by Crippen LogP contribution is -2.32. The minimum Gasteiger partial charge on any atom is -0.497 e. The van der Waals surface area contributed by atoms with Crippen LogP contribution in [0, 0.1) is 0 Å². The molecule has 0 spiro atoms. The Balaban J connectivity index is 1.95. The van der Waals surface area contributed by atoms with Crippen molar-refractivity contribution < 1.29 is 14.3 Å². The van der Waals surface area contributed by atoms with Gasteiger partial charge in [-0.15, -0.1) is 0 Å². The van der Waals surface area contributed by atoms with E-state index in [1.54, 1.807) is 31.4 Å². The summed E-state index contributed by atoms with van der Waals surface area (Å²) >= 11 is 0. The Morgan fingerprint density at radius 2 is 2.00 bits per heavy atom. The summed E-state index contributed by atoms with van der Waals surface area (Å²) in [6.07, 6.45) is 1.35. The minimum absolute atomic E-state index is 0.107. The molecule has 0 aromatic heterocycles. The molecule has 5 heteroatoms. The van der Waals surface area contributed by atoms with Gasteiger partial charge in [-0.25, -0.2) is 0 Å². The maximum atomic E-state index is 11.8. The number of morpholine rings is 1. The SMILES string of the molecule is COc1ccc(C(=O)/C=N\N2CCOCC2)cc1. The standard InChI is InChI=1S/C13H16N2O3/c1-17-12-4-2-11(3-5-12)13(16)10-14-15-6-8-18-9-7-15/h2-5,10H,6-9H2,1H3/b14-10-. The van der Waals surface area contributed by atoms with Gasteiger partial charge in [-0.05, 0) is 24.3 Å². The van der Waals surface area contributed by atoms with Gasteiger partial charge in [0.25, 0.3) is 0 Å². The van der Waals surface area contributed by atoms with Gasteiger partial charge in [-0.3, -0.25) is 9.80 Å². The molecule has 0 unspecified atom stereocenters. The van der Waals surface area contributed by atoms with E-state index >= 15 is 0 Å². The number of hydrazone groups is 1. The number of ether oxygens (including phenoxy) is 2. The highest BCUT2D eigenvalue weighted by atomic mass is 16.5. The first-order valence-electron chi connectivity index (χ1n) is 5.84. The predicted molar refractivity (Wildman–Crippen MR) is 68.2 cm³/mol. The maximum Gasteiger partial charge on any atom is 0.205 e. The van der Waals surface area contributed by atoms with Crippen molar-refractivity contribution in [2.45, 2.75) is 0 Å². The first-order chi connectivity index (χ1) is 8.79. The fourth-order valence-corrected chi connectivity index (χ4v) is 1.63. The van der Waals surface area contributed by atoms with Crippen molar-refractivity contribution in [3.63, 3.8) is 0 Å². The van der Waals surface area contributed by atoms with Crippen LogP contribution in [-0.4, -0.2) is 50.4 Å². The number of methoxy groups -OCH3 is 1. The summed E-state index contributed by atoms with van der Waals surface area (Å²) in [4.78, 5) is 11.8. The molecule has 0 radical (unpaired) electrons. The molecule has 0 N–H and O–H groups in total. The van der Waals surface area contributed by atoms with Crippen LogP contribution in [0.2, 0.25) is 0 Å². The lowest BCUT2D eigenvalue weighted by Gasteiger charge is -2.23. The van der Waals surface area contributed by atoms with Crippen molar-refractivity contribution in [3.05, 3.63) is 29.8 Å². The first-order valence-corrected chi connectivity index (χ1v) is 5.84. The first kappa shape index (κ1) is 12.6. The molecule has 0 saturated carbocycles. The number of ketones is 1. The van der Waals surface area contributed by atoms with Crippen LogP contribution in [0.25, 0.3) is 0 Å². The number of hydrogen-bond donors (Lipinski definition) is 0. The Morgan fingerprint density at radius 1 is 1.33 bits per heavy atom. The van der Waals surface area contributed by atoms with Crippen molar-refractivity contribution in [3.8, 4) is 5.75 Å². The van der Waals surface area contributed by atoms with Crippen LogP contribution in [0.5, 0.6) is 5.75 Å². The number of hydrogen-bond acceptors (Lipinski definition) is 5. The zero-order valence-corrected chi connectivity index (χ0v) is 10.3. The minimum atomic E-state index is -0.107. The molecule has 1 aromatic rings. The van der Waals surface area contributed by atoms with Crippen molar-refractivity contribution in [2.24, 2.45) is 5.10 Å². The highest BCUT2D eigenvalue weighted by Crippen LogP contribution is 2.11. The molecule has 1 fully saturated rings. The van der Waals surface area contributed by atoms with Crippen molar-refractivity contribution in [2.75, 3.05) is 33.4 Å². The summed E-state index contributed by atoms with van der Waals surface area (Å²) in [7, 11) is 1.59. The molecule has 96 valence electrons. The van der Waals surface area contributed by atoms with E-state index in [1.807, 2.05) is 5.01 Å². The Labute approximate surface area is 106 Å². The van der Waals surface area contributed by atoms with Crippen LogP contribution < -0.4 is 4.74 Å². The molecule has 1 saturated heterocycles. The Hall–Kier alpha value is -1.88. The number of nitrogens with zero attached hydrogens (tertiary/aromatic N) is 2. The summed E-state index contributed by atoms with van der Waals surface area (Å²) in [5.41, 5.74) is 0.604. The highest BCUT2D eigenvalue weighted by Gasteiger charge is 2.08.